The minimum Gasteiger partial charge on any atom is -0.480 e. The third kappa shape index (κ3) is 4.63. The Kier molecular flexibility index (Phi) is 5.40. The average molecular weight is 370 g/mol. The maximum absolute atomic E-state index is 13.2. The smallest absolute Gasteiger partial charge is 0.326 e. The highest BCUT2D eigenvalue weighted by Gasteiger charge is 2.21. The van der Waals surface area contributed by atoms with E-state index in [4.69, 9.17) is 0 Å². The van der Waals surface area contributed by atoms with Crippen molar-refractivity contribution in [3.63, 3.8) is 0 Å². The molecule has 0 fully saturated rings. The number of aliphatic carboxylic acids is 1. The molecule has 7 heteroatoms. The summed E-state index contributed by atoms with van der Waals surface area (Å²) >= 11 is 0. The van der Waals surface area contributed by atoms with E-state index < -0.39 is 29.6 Å². The van der Waals surface area contributed by atoms with Gasteiger partial charge in [-0.15, -0.1) is 0 Å². The maximum Gasteiger partial charge on any atom is 0.326 e. The molecule has 1 atom stereocenters. The van der Waals surface area contributed by atoms with Crippen LogP contribution in [0.25, 0.3) is 10.9 Å². The molecular formula is C20H16F2N2O3. The third-order valence-electron chi connectivity index (χ3n) is 4.05. The number of amides is 1. The Morgan fingerprint density at radius 1 is 1.04 bits per heavy atom. The van der Waals surface area contributed by atoms with E-state index in [1.165, 1.54) is 6.07 Å². The highest BCUT2D eigenvalue weighted by molar-refractivity contribution is 5.85. The van der Waals surface area contributed by atoms with Crippen LogP contribution < -0.4 is 5.32 Å². The van der Waals surface area contributed by atoms with Crippen molar-refractivity contribution in [2.24, 2.45) is 0 Å². The van der Waals surface area contributed by atoms with E-state index in [9.17, 15) is 23.5 Å². The van der Waals surface area contributed by atoms with Crippen molar-refractivity contribution in [2.45, 2.75) is 18.9 Å². The van der Waals surface area contributed by atoms with Crippen LogP contribution in [0.1, 0.15) is 11.3 Å². The summed E-state index contributed by atoms with van der Waals surface area (Å²) in [5, 5.41) is 12.7. The highest BCUT2D eigenvalue weighted by atomic mass is 19.2. The monoisotopic (exact) mass is 370 g/mol. The molecule has 138 valence electrons. The minimum atomic E-state index is -1.21. The Hall–Kier alpha value is -3.35. The van der Waals surface area contributed by atoms with Crippen LogP contribution in [0.4, 0.5) is 8.78 Å². The Morgan fingerprint density at radius 3 is 2.56 bits per heavy atom. The molecule has 0 saturated heterocycles. The van der Waals surface area contributed by atoms with Gasteiger partial charge < -0.3 is 10.4 Å². The normalized spacial score (nSPS) is 11.9. The second-order valence-corrected chi connectivity index (χ2v) is 6.08. The Balaban J connectivity index is 1.69. The second-order valence-electron chi connectivity index (χ2n) is 6.08. The number of para-hydroxylation sites is 1. The van der Waals surface area contributed by atoms with Gasteiger partial charge in [-0.2, -0.15) is 0 Å². The topological polar surface area (TPSA) is 79.3 Å². The van der Waals surface area contributed by atoms with E-state index in [-0.39, 0.29) is 18.4 Å². The fourth-order valence-corrected chi connectivity index (χ4v) is 2.71. The van der Waals surface area contributed by atoms with Crippen molar-refractivity contribution in [3.05, 3.63) is 77.5 Å². The predicted octanol–water partition coefficient (Wildman–Crippen LogP) is 2.87. The quantitative estimate of drug-likeness (QED) is 0.699. The Bertz CT molecular complexity index is 1010. The number of pyridine rings is 1. The van der Waals surface area contributed by atoms with Crippen LogP contribution in [-0.4, -0.2) is 28.0 Å². The van der Waals surface area contributed by atoms with Crippen molar-refractivity contribution in [1.29, 1.82) is 0 Å². The Morgan fingerprint density at radius 2 is 1.81 bits per heavy atom. The van der Waals surface area contributed by atoms with Gasteiger partial charge in [-0.3, -0.25) is 9.78 Å². The number of nitrogens with one attached hydrogen (secondary N) is 1. The summed E-state index contributed by atoms with van der Waals surface area (Å²) in [5.41, 5.74) is 1.50. The van der Waals surface area contributed by atoms with E-state index in [1.54, 1.807) is 6.07 Å². The van der Waals surface area contributed by atoms with Crippen molar-refractivity contribution in [2.75, 3.05) is 0 Å². The summed E-state index contributed by atoms with van der Waals surface area (Å²) in [7, 11) is 0. The zero-order valence-electron chi connectivity index (χ0n) is 14.2. The number of carboxylic acid groups (broad SMARTS) is 1. The number of carbonyl (C=O) groups excluding carboxylic acids is 1. The molecule has 0 unspecified atom stereocenters. The lowest BCUT2D eigenvalue weighted by atomic mass is 10.1. The van der Waals surface area contributed by atoms with Gasteiger partial charge in [0.2, 0.25) is 5.91 Å². The fraction of sp³-hybridized carbons (Fsp3) is 0.150. The van der Waals surface area contributed by atoms with Crippen LogP contribution in [-0.2, 0) is 22.4 Å². The summed E-state index contributed by atoms with van der Waals surface area (Å²) in [6.07, 6.45) is -0.254. The molecule has 1 aromatic heterocycles. The van der Waals surface area contributed by atoms with Crippen molar-refractivity contribution < 1.29 is 23.5 Å². The van der Waals surface area contributed by atoms with Crippen molar-refractivity contribution >= 4 is 22.8 Å². The van der Waals surface area contributed by atoms with Crippen LogP contribution in [0.5, 0.6) is 0 Å². The summed E-state index contributed by atoms with van der Waals surface area (Å²) < 4.78 is 26.2. The van der Waals surface area contributed by atoms with Gasteiger partial charge in [0.15, 0.2) is 11.6 Å². The van der Waals surface area contributed by atoms with Crippen LogP contribution >= 0.6 is 0 Å². The van der Waals surface area contributed by atoms with E-state index in [0.29, 0.717) is 5.69 Å². The number of hydrogen-bond acceptors (Lipinski definition) is 3. The molecule has 5 nitrogen and oxygen atoms in total. The van der Waals surface area contributed by atoms with Gasteiger partial charge in [-0.25, -0.2) is 13.6 Å². The number of benzene rings is 2. The van der Waals surface area contributed by atoms with E-state index in [0.717, 1.165) is 23.0 Å². The van der Waals surface area contributed by atoms with Gasteiger partial charge in [-0.1, -0.05) is 30.3 Å². The molecule has 3 aromatic rings. The molecule has 0 spiro atoms. The van der Waals surface area contributed by atoms with Gasteiger partial charge in [0.05, 0.1) is 11.9 Å². The first-order valence-electron chi connectivity index (χ1n) is 8.23. The first kappa shape index (κ1) is 18.4. The maximum atomic E-state index is 13.2. The zero-order chi connectivity index (χ0) is 19.4. The molecule has 0 bridgehead atoms. The molecule has 0 radical (unpaired) electrons. The predicted molar refractivity (Wildman–Crippen MR) is 95.1 cm³/mol. The molecule has 0 aliphatic rings. The third-order valence-corrected chi connectivity index (χ3v) is 4.05. The lowest BCUT2D eigenvalue weighted by Gasteiger charge is -2.14. The van der Waals surface area contributed by atoms with E-state index in [1.807, 2.05) is 30.3 Å². The van der Waals surface area contributed by atoms with Gasteiger partial charge in [0.1, 0.15) is 6.04 Å². The van der Waals surface area contributed by atoms with Crippen LogP contribution in [0, 0.1) is 11.6 Å². The number of hydrogen-bond donors (Lipinski definition) is 2. The molecule has 0 aliphatic carbocycles. The highest BCUT2D eigenvalue weighted by Crippen LogP contribution is 2.13. The van der Waals surface area contributed by atoms with Gasteiger partial charge in [0, 0.05) is 17.5 Å². The molecule has 2 aromatic carbocycles. The molecule has 3 rings (SSSR count). The van der Waals surface area contributed by atoms with Crippen molar-refractivity contribution in [3.8, 4) is 0 Å². The Labute approximate surface area is 153 Å². The molecular weight excluding hydrogens is 354 g/mol. The number of aromatic nitrogens is 1. The lowest BCUT2D eigenvalue weighted by Crippen LogP contribution is -2.43. The van der Waals surface area contributed by atoms with Crippen LogP contribution in [0.15, 0.2) is 54.6 Å². The van der Waals surface area contributed by atoms with E-state index >= 15 is 0 Å². The SMILES string of the molecule is O=C(Cc1ccc(F)c(F)c1)N[C@@H](Cc1ccc2ccccc2n1)C(=O)O. The lowest BCUT2D eigenvalue weighted by molar-refractivity contribution is -0.141. The van der Waals surface area contributed by atoms with Gasteiger partial charge >= 0.3 is 5.97 Å². The van der Waals surface area contributed by atoms with E-state index in [2.05, 4.69) is 10.3 Å². The van der Waals surface area contributed by atoms with Gasteiger partial charge in [-0.05, 0) is 29.8 Å². The van der Waals surface area contributed by atoms with Crippen molar-refractivity contribution in [1.82, 2.24) is 10.3 Å². The second kappa shape index (κ2) is 7.90. The molecule has 2 N–H and O–H groups in total. The summed E-state index contributed by atoms with van der Waals surface area (Å²) in [4.78, 5) is 28.0. The molecule has 1 amide bonds. The van der Waals surface area contributed by atoms with Crippen LogP contribution in [0.2, 0.25) is 0 Å². The molecule has 0 saturated carbocycles. The molecule has 1 heterocycles. The minimum absolute atomic E-state index is 0.00366. The fourth-order valence-electron chi connectivity index (χ4n) is 2.71. The average Bonchev–Trinajstić information content (AvgIpc) is 2.64. The largest absolute Gasteiger partial charge is 0.480 e. The molecule has 27 heavy (non-hydrogen) atoms. The first-order valence-corrected chi connectivity index (χ1v) is 8.23. The number of carboxylic acids is 1. The first-order chi connectivity index (χ1) is 12.9. The summed E-state index contributed by atoms with van der Waals surface area (Å²) in [6, 6.07) is 12.9. The summed E-state index contributed by atoms with van der Waals surface area (Å²) in [5.74, 6) is -3.88. The standard InChI is InChI=1S/C20H16F2N2O3/c21-15-8-5-12(9-16(15)22)10-19(25)24-18(20(26)27)11-14-7-6-13-3-1-2-4-17(13)23-14/h1-9,18H,10-11H2,(H,24,25)(H,26,27)/t18-/m0/s1. The summed E-state index contributed by atoms with van der Waals surface area (Å²) in [6.45, 7) is 0. The van der Waals surface area contributed by atoms with Gasteiger partial charge in [0.25, 0.3) is 0 Å². The number of rotatable bonds is 6. The number of nitrogens with zero attached hydrogens (tertiary/aromatic N) is 1. The molecule has 0 aliphatic heterocycles. The number of halogens is 2. The van der Waals surface area contributed by atoms with Crippen LogP contribution in [0.3, 0.4) is 0 Å². The zero-order valence-corrected chi connectivity index (χ0v) is 14.2. The number of carbonyl (C=O) groups is 2. The number of fused-ring (bicyclic) bond motifs is 1.